The highest BCUT2D eigenvalue weighted by Gasteiger charge is 2.66. The lowest BCUT2D eigenvalue weighted by atomic mass is 9.36. The van der Waals surface area contributed by atoms with Crippen LogP contribution in [0.2, 0.25) is 0 Å². The predicted octanol–water partition coefficient (Wildman–Crippen LogP) is 7.55. The van der Waals surface area contributed by atoms with Gasteiger partial charge in [0.2, 0.25) is 5.91 Å². The summed E-state index contributed by atoms with van der Waals surface area (Å²) in [6.45, 7) is 11.8. The van der Waals surface area contributed by atoms with Crippen LogP contribution in [0.25, 0.3) is 5.57 Å². The van der Waals surface area contributed by atoms with Crippen molar-refractivity contribution >= 4 is 23.7 Å². The van der Waals surface area contributed by atoms with Crippen LogP contribution < -0.4 is 5.32 Å². The molecule has 222 valence electrons. The van der Waals surface area contributed by atoms with Crippen LogP contribution in [0.4, 0.5) is 0 Å². The number of rotatable bonds is 5. The van der Waals surface area contributed by atoms with Crippen molar-refractivity contribution in [2.75, 3.05) is 0 Å². The van der Waals surface area contributed by atoms with Crippen LogP contribution in [0.5, 0.6) is 0 Å². The Labute approximate surface area is 245 Å². The van der Waals surface area contributed by atoms with Gasteiger partial charge in [-0.2, -0.15) is 0 Å². The van der Waals surface area contributed by atoms with Gasteiger partial charge in [-0.3, -0.25) is 4.79 Å². The van der Waals surface area contributed by atoms with E-state index in [9.17, 15) is 19.5 Å². The molecular formula is C36H49NO4. The van der Waals surface area contributed by atoms with Crippen molar-refractivity contribution in [1.82, 2.24) is 5.32 Å². The first-order valence-electron chi connectivity index (χ1n) is 16.2. The van der Waals surface area contributed by atoms with Gasteiger partial charge in [0.15, 0.2) is 0 Å². The molecule has 2 N–H and O–H groups in total. The Morgan fingerprint density at radius 2 is 1.63 bits per heavy atom. The largest absolute Gasteiger partial charge is 0.478 e. The molecule has 6 rings (SSSR count). The Morgan fingerprint density at radius 1 is 0.902 bits per heavy atom. The quantitative estimate of drug-likeness (QED) is 0.365. The van der Waals surface area contributed by atoms with E-state index in [4.69, 9.17) is 0 Å². The van der Waals surface area contributed by atoms with Crippen LogP contribution in [-0.2, 0) is 9.59 Å². The molecule has 0 saturated heterocycles. The number of carbonyl (C=O) groups is 3. The number of nitrogens with one attached hydrogen (secondary N) is 1. The van der Waals surface area contributed by atoms with Gasteiger partial charge in [-0.1, -0.05) is 52.3 Å². The minimum Gasteiger partial charge on any atom is -0.478 e. The monoisotopic (exact) mass is 559 g/mol. The van der Waals surface area contributed by atoms with Crippen molar-refractivity contribution in [1.29, 1.82) is 0 Å². The molecule has 0 aromatic heterocycles. The van der Waals surface area contributed by atoms with Crippen molar-refractivity contribution < 1.29 is 19.5 Å². The maximum atomic E-state index is 13.6. The van der Waals surface area contributed by atoms with Gasteiger partial charge >= 0.3 is 5.97 Å². The van der Waals surface area contributed by atoms with Crippen LogP contribution in [0.1, 0.15) is 115 Å². The minimum atomic E-state index is -0.878. The maximum absolute atomic E-state index is 13.6. The summed E-state index contributed by atoms with van der Waals surface area (Å²) in [5.41, 5.74) is 3.13. The van der Waals surface area contributed by atoms with E-state index in [1.165, 1.54) is 31.3 Å². The first-order chi connectivity index (χ1) is 19.4. The molecule has 0 aliphatic heterocycles. The average Bonchev–Trinajstić information content (AvgIpc) is 3.38. The molecular weight excluding hydrogens is 510 g/mol. The molecule has 8 unspecified atom stereocenters. The molecule has 1 amide bonds. The molecule has 5 heteroatoms. The maximum Gasteiger partial charge on any atom is 0.335 e. The van der Waals surface area contributed by atoms with Gasteiger partial charge in [-0.15, -0.1) is 0 Å². The van der Waals surface area contributed by atoms with E-state index in [0.29, 0.717) is 40.6 Å². The van der Waals surface area contributed by atoms with Crippen LogP contribution in [0, 0.1) is 51.2 Å². The number of carboxylic acid groups (broad SMARTS) is 1. The fourth-order valence-electron chi connectivity index (χ4n) is 11.9. The first-order valence-corrected chi connectivity index (χ1v) is 16.2. The molecule has 1 aromatic rings. The van der Waals surface area contributed by atoms with E-state index >= 15 is 0 Å². The van der Waals surface area contributed by atoms with Gasteiger partial charge in [-0.25, -0.2) is 4.79 Å². The number of aldehydes is 1. The number of benzene rings is 1. The van der Waals surface area contributed by atoms with Gasteiger partial charge in [0.05, 0.1) is 17.0 Å². The highest BCUT2D eigenvalue weighted by molar-refractivity contribution is 5.88. The number of amides is 1. The Bertz CT molecular complexity index is 1260. The number of carboxylic acids is 1. The zero-order chi connectivity index (χ0) is 29.4. The van der Waals surface area contributed by atoms with Crippen molar-refractivity contribution in [3.05, 3.63) is 41.5 Å². The van der Waals surface area contributed by atoms with Crippen LogP contribution in [0.3, 0.4) is 0 Å². The Hall–Kier alpha value is -2.43. The zero-order valence-corrected chi connectivity index (χ0v) is 25.7. The molecule has 1 aromatic carbocycles. The number of carbonyl (C=O) groups excluding carboxylic acids is 2. The SMILES string of the molecule is CC(C=O)NC(=O)[C@]12CCCC1C1CCC3C(C)(CCC4C(C)(C)C(c5ccc(C(=O)O)cc5)=CCC43C)C1CC2. The number of fused-ring (bicyclic) bond motifs is 7. The average molecular weight is 560 g/mol. The molecule has 9 atom stereocenters. The highest BCUT2D eigenvalue weighted by atomic mass is 16.4. The van der Waals surface area contributed by atoms with E-state index in [1.54, 1.807) is 19.1 Å². The molecule has 5 aliphatic rings. The first kappa shape index (κ1) is 28.7. The summed E-state index contributed by atoms with van der Waals surface area (Å²) >= 11 is 0. The molecule has 5 aliphatic carbocycles. The predicted molar refractivity (Wildman–Crippen MR) is 161 cm³/mol. The normalized spacial score (nSPS) is 41.5. The van der Waals surface area contributed by atoms with Crippen molar-refractivity contribution in [2.24, 2.45) is 51.2 Å². The molecule has 0 heterocycles. The second kappa shape index (κ2) is 9.81. The van der Waals surface area contributed by atoms with E-state index in [-0.39, 0.29) is 22.2 Å². The van der Waals surface area contributed by atoms with Crippen molar-refractivity contribution in [2.45, 2.75) is 105 Å². The highest BCUT2D eigenvalue weighted by Crippen LogP contribution is 2.73. The number of allylic oxidation sites excluding steroid dienone is 2. The van der Waals surface area contributed by atoms with Gasteiger partial charge in [0.1, 0.15) is 6.29 Å². The van der Waals surface area contributed by atoms with Crippen molar-refractivity contribution in [3.63, 3.8) is 0 Å². The summed E-state index contributed by atoms with van der Waals surface area (Å²) in [5.74, 6) is 2.24. The number of hydrogen-bond donors (Lipinski definition) is 2. The third-order valence-electron chi connectivity index (χ3n) is 13.5. The minimum absolute atomic E-state index is 0.0104. The van der Waals surface area contributed by atoms with E-state index in [1.807, 2.05) is 12.1 Å². The van der Waals surface area contributed by atoms with Crippen LogP contribution >= 0.6 is 0 Å². The third-order valence-corrected chi connectivity index (χ3v) is 13.5. The Morgan fingerprint density at radius 3 is 2.32 bits per heavy atom. The Kier molecular flexibility index (Phi) is 6.86. The molecule has 0 radical (unpaired) electrons. The molecule has 0 bridgehead atoms. The summed E-state index contributed by atoms with van der Waals surface area (Å²) in [6, 6.07) is 7.07. The van der Waals surface area contributed by atoms with Gasteiger partial charge in [0.25, 0.3) is 0 Å². The van der Waals surface area contributed by atoms with E-state index < -0.39 is 12.0 Å². The third kappa shape index (κ3) is 4.11. The lowest BCUT2D eigenvalue weighted by molar-refractivity contribution is -0.181. The number of aromatic carboxylic acids is 1. The second-order valence-corrected chi connectivity index (χ2v) is 15.5. The lowest BCUT2D eigenvalue weighted by Gasteiger charge is -2.68. The number of hydrogen-bond acceptors (Lipinski definition) is 3. The standard InChI is InChI=1S/C36H49NO4/c1-22(21-38)37-32(41)36-17-6-7-28(36)25-12-13-30-34(4,27(25)15-20-36)19-16-29-33(2,3)26(14-18-35(29,30)5)23-8-10-24(11-9-23)31(39)40/h8-11,14,21-22,25,27-30H,6-7,12-13,15-20H2,1-5H3,(H,37,41)(H,39,40)/t22?,25?,27?,28?,29?,30?,34?,35?,36-/m0/s1. The summed E-state index contributed by atoms with van der Waals surface area (Å²) < 4.78 is 0. The van der Waals surface area contributed by atoms with Gasteiger partial charge in [-0.05, 0) is 134 Å². The molecule has 41 heavy (non-hydrogen) atoms. The Balaban J connectivity index is 1.28. The second-order valence-electron chi connectivity index (χ2n) is 15.5. The molecule has 4 saturated carbocycles. The van der Waals surface area contributed by atoms with Gasteiger partial charge < -0.3 is 15.2 Å². The lowest BCUT2D eigenvalue weighted by Crippen LogP contribution is -2.62. The summed E-state index contributed by atoms with van der Waals surface area (Å²) in [6.07, 6.45) is 14.7. The topological polar surface area (TPSA) is 83.5 Å². The molecule has 4 fully saturated rings. The van der Waals surface area contributed by atoms with E-state index in [2.05, 4.69) is 39.1 Å². The fraction of sp³-hybridized carbons (Fsp3) is 0.694. The van der Waals surface area contributed by atoms with E-state index in [0.717, 1.165) is 50.4 Å². The summed E-state index contributed by atoms with van der Waals surface area (Å²) in [7, 11) is 0. The molecule has 5 nitrogen and oxygen atoms in total. The fourth-order valence-corrected chi connectivity index (χ4v) is 11.9. The summed E-state index contributed by atoms with van der Waals surface area (Å²) in [4.78, 5) is 36.4. The van der Waals surface area contributed by atoms with Crippen molar-refractivity contribution in [3.8, 4) is 0 Å². The smallest absolute Gasteiger partial charge is 0.335 e. The van der Waals surface area contributed by atoms with Gasteiger partial charge in [0, 0.05) is 0 Å². The zero-order valence-electron chi connectivity index (χ0n) is 25.7. The summed E-state index contributed by atoms with van der Waals surface area (Å²) in [5, 5.41) is 12.4. The van der Waals surface area contributed by atoms with Crippen LogP contribution in [-0.4, -0.2) is 29.3 Å². The van der Waals surface area contributed by atoms with Crippen LogP contribution in [0.15, 0.2) is 30.3 Å². The molecule has 0 spiro atoms.